The summed E-state index contributed by atoms with van der Waals surface area (Å²) in [4.78, 5) is 10.2. The number of aliphatic hydroxyl groups is 1. The van der Waals surface area contributed by atoms with Gasteiger partial charge < -0.3 is 19.4 Å². The van der Waals surface area contributed by atoms with E-state index in [1.165, 1.54) is 0 Å². The Hall–Kier alpha value is -1.23. The van der Waals surface area contributed by atoms with Crippen LogP contribution in [-0.4, -0.2) is 30.9 Å². The molecule has 0 unspecified atom stereocenters. The van der Waals surface area contributed by atoms with Crippen molar-refractivity contribution < 1.29 is 19.4 Å². The van der Waals surface area contributed by atoms with E-state index < -0.39 is 6.10 Å². The molecule has 0 aliphatic heterocycles. The van der Waals surface area contributed by atoms with Gasteiger partial charge in [0.25, 0.3) is 0 Å². The third-order valence-electron chi connectivity index (χ3n) is 2.90. The van der Waals surface area contributed by atoms with Crippen molar-refractivity contribution in [3.63, 3.8) is 0 Å². The van der Waals surface area contributed by atoms with Crippen molar-refractivity contribution in [3.8, 4) is 0 Å². The van der Waals surface area contributed by atoms with Gasteiger partial charge in [-0.15, -0.1) is 0 Å². The third kappa shape index (κ3) is 7.06. The van der Waals surface area contributed by atoms with Crippen LogP contribution in [0.15, 0.2) is 30.3 Å². The molecule has 1 aromatic rings. The van der Waals surface area contributed by atoms with Gasteiger partial charge in [-0.25, -0.2) is 0 Å². The lowest BCUT2D eigenvalue weighted by molar-refractivity contribution is -0.109. The Kier molecular flexibility index (Phi) is 8.05. The van der Waals surface area contributed by atoms with Gasteiger partial charge in [-0.2, -0.15) is 0 Å². The van der Waals surface area contributed by atoms with Crippen LogP contribution in [0.5, 0.6) is 0 Å². The molecule has 0 saturated heterocycles. The summed E-state index contributed by atoms with van der Waals surface area (Å²) in [6.07, 6.45) is 1.19. The van der Waals surface area contributed by atoms with E-state index in [0.717, 1.165) is 11.8 Å². The molecule has 2 atom stereocenters. The molecule has 0 aliphatic rings. The van der Waals surface area contributed by atoms with Crippen LogP contribution in [0.1, 0.15) is 25.3 Å². The monoisotopic (exact) mass is 266 g/mol. The molecular weight excluding hydrogens is 244 g/mol. The Morgan fingerprint density at radius 3 is 2.68 bits per heavy atom. The molecule has 4 heteroatoms. The van der Waals surface area contributed by atoms with E-state index in [1.54, 1.807) is 0 Å². The zero-order valence-electron chi connectivity index (χ0n) is 11.3. The number of hydrogen-bond donors (Lipinski definition) is 1. The van der Waals surface area contributed by atoms with Crippen molar-refractivity contribution >= 4 is 6.29 Å². The Morgan fingerprint density at radius 1 is 1.26 bits per heavy atom. The summed E-state index contributed by atoms with van der Waals surface area (Å²) < 4.78 is 10.7. The summed E-state index contributed by atoms with van der Waals surface area (Å²) in [5.74, 6) is 0.000255. The average molecular weight is 266 g/mol. The fourth-order valence-corrected chi connectivity index (χ4v) is 1.66. The summed E-state index contributed by atoms with van der Waals surface area (Å²) in [5, 5.41) is 9.70. The number of aliphatic hydroxyl groups excluding tert-OH is 1. The number of ether oxygens (including phenoxy) is 2. The molecule has 1 aromatic carbocycles. The number of benzene rings is 1. The number of carbonyl (C=O) groups excluding carboxylic acids is 1. The molecule has 0 fully saturated rings. The predicted molar refractivity (Wildman–Crippen MR) is 72.5 cm³/mol. The number of rotatable bonds is 10. The molecule has 0 radical (unpaired) electrons. The molecule has 0 heterocycles. The molecule has 0 bridgehead atoms. The van der Waals surface area contributed by atoms with E-state index in [4.69, 9.17) is 9.47 Å². The lowest BCUT2D eigenvalue weighted by Crippen LogP contribution is -2.23. The summed E-state index contributed by atoms with van der Waals surface area (Å²) in [6, 6.07) is 9.87. The third-order valence-corrected chi connectivity index (χ3v) is 2.90. The first-order valence-electron chi connectivity index (χ1n) is 6.55. The maximum Gasteiger partial charge on any atom is 0.147 e. The summed E-state index contributed by atoms with van der Waals surface area (Å²) >= 11 is 0. The van der Waals surface area contributed by atoms with E-state index in [0.29, 0.717) is 26.1 Å². The fraction of sp³-hybridized carbons (Fsp3) is 0.533. The maximum absolute atomic E-state index is 10.2. The van der Waals surface area contributed by atoms with Crippen LogP contribution < -0.4 is 0 Å². The van der Waals surface area contributed by atoms with Gasteiger partial charge in [0.1, 0.15) is 13.1 Å². The van der Waals surface area contributed by atoms with E-state index in [9.17, 15) is 9.90 Å². The first-order chi connectivity index (χ1) is 9.24. The van der Waals surface area contributed by atoms with Gasteiger partial charge in [0, 0.05) is 12.3 Å². The number of carbonyl (C=O) groups is 1. The van der Waals surface area contributed by atoms with Crippen LogP contribution in [0.25, 0.3) is 0 Å². The van der Waals surface area contributed by atoms with E-state index in [-0.39, 0.29) is 12.7 Å². The van der Waals surface area contributed by atoms with E-state index >= 15 is 0 Å². The van der Waals surface area contributed by atoms with Crippen LogP contribution in [0, 0.1) is 5.92 Å². The van der Waals surface area contributed by atoms with Crippen molar-refractivity contribution in [2.24, 2.45) is 5.92 Å². The highest BCUT2D eigenvalue weighted by Gasteiger charge is 2.13. The minimum Gasteiger partial charge on any atom is -0.393 e. The molecule has 0 amide bonds. The molecule has 1 rings (SSSR count). The largest absolute Gasteiger partial charge is 0.393 e. The van der Waals surface area contributed by atoms with Crippen LogP contribution >= 0.6 is 0 Å². The second-order valence-corrected chi connectivity index (χ2v) is 4.61. The van der Waals surface area contributed by atoms with Gasteiger partial charge in [-0.3, -0.25) is 0 Å². The first kappa shape index (κ1) is 15.8. The smallest absolute Gasteiger partial charge is 0.147 e. The van der Waals surface area contributed by atoms with Gasteiger partial charge in [0.2, 0.25) is 0 Å². The van der Waals surface area contributed by atoms with E-state index in [1.807, 2.05) is 37.3 Å². The molecular formula is C15H22O4. The Balaban J connectivity index is 2.05. The normalized spacial score (nSPS) is 14.0. The minimum absolute atomic E-state index is 0.000255. The lowest BCUT2D eigenvalue weighted by Gasteiger charge is -2.17. The van der Waals surface area contributed by atoms with Crippen LogP contribution in [0.4, 0.5) is 0 Å². The highest BCUT2D eigenvalue weighted by molar-refractivity contribution is 5.49. The average Bonchev–Trinajstić information content (AvgIpc) is 2.45. The zero-order valence-corrected chi connectivity index (χ0v) is 11.3. The van der Waals surface area contributed by atoms with E-state index in [2.05, 4.69) is 0 Å². The van der Waals surface area contributed by atoms with Crippen molar-refractivity contribution in [2.75, 3.05) is 13.4 Å². The maximum atomic E-state index is 10.2. The summed E-state index contributed by atoms with van der Waals surface area (Å²) in [6.45, 7) is 3.05. The highest BCUT2D eigenvalue weighted by atomic mass is 16.7. The molecule has 106 valence electrons. The Labute approximate surface area is 114 Å². The molecule has 19 heavy (non-hydrogen) atoms. The molecule has 0 saturated carbocycles. The van der Waals surface area contributed by atoms with Gasteiger partial charge in [0.15, 0.2) is 0 Å². The van der Waals surface area contributed by atoms with Crippen molar-refractivity contribution in [1.29, 1.82) is 0 Å². The van der Waals surface area contributed by atoms with Crippen LogP contribution in [0.2, 0.25) is 0 Å². The molecule has 0 aliphatic carbocycles. The summed E-state index contributed by atoms with van der Waals surface area (Å²) in [7, 11) is 0. The van der Waals surface area contributed by atoms with Crippen LogP contribution in [-0.2, 0) is 20.9 Å². The first-order valence-corrected chi connectivity index (χ1v) is 6.55. The van der Waals surface area contributed by atoms with Crippen molar-refractivity contribution in [3.05, 3.63) is 35.9 Å². The standard InChI is InChI=1S/C15H22O4/c1-13(15(17)8-5-9-16)10-18-12-19-11-14-6-3-2-4-7-14/h2-4,6-7,9,13,15,17H,5,8,10-12H2,1H3/t13-,15+/m1/s1. The predicted octanol–water partition coefficient (Wildman–Crippen LogP) is 2.15. The van der Waals surface area contributed by atoms with Gasteiger partial charge in [0.05, 0.1) is 19.3 Å². The van der Waals surface area contributed by atoms with Crippen LogP contribution in [0.3, 0.4) is 0 Å². The van der Waals surface area contributed by atoms with Gasteiger partial charge >= 0.3 is 0 Å². The quantitative estimate of drug-likeness (QED) is 0.400. The minimum atomic E-state index is -0.501. The topological polar surface area (TPSA) is 55.8 Å². The molecule has 1 N–H and O–H groups in total. The zero-order chi connectivity index (χ0) is 13.9. The van der Waals surface area contributed by atoms with Crippen molar-refractivity contribution in [1.82, 2.24) is 0 Å². The van der Waals surface area contributed by atoms with Crippen molar-refractivity contribution in [2.45, 2.75) is 32.5 Å². The number of hydrogen-bond acceptors (Lipinski definition) is 4. The molecule has 4 nitrogen and oxygen atoms in total. The second kappa shape index (κ2) is 9.67. The molecule has 0 aromatic heterocycles. The highest BCUT2D eigenvalue weighted by Crippen LogP contribution is 2.09. The molecule has 0 spiro atoms. The fourth-order valence-electron chi connectivity index (χ4n) is 1.66. The number of aldehydes is 1. The second-order valence-electron chi connectivity index (χ2n) is 4.61. The Bertz CT molecular complexity index is 339. The lowest BCUT2D eigenvalue weighted by atomic mass is 10.0. The summed E-state index contributed by atoms with van der Waals surface area (Å²) in [5.41, 5.74) is 1.10. The van der Waals surface area contributed by atoms with Gasteiger partial charge in [-0.1, -0.05) is 37.3 Å². The Morgan fingerprint density at radius 2 is 2.00 bits per heavy atom. The SMILES string of the molecule is C[C@H](COCOCc1ccccc1)[C@@H](O)CCC=O. The van der Waals surface area contributed by atoms with Gasteiger partial charge in [-0.05, 0) is 12.0 Å².